The first-order valence-electron chi connectivity index (χ1n) is 6.05. The van der Waals surface area contributed by atoms with Crippen LogP contribution in [0.4, 0.5) is 0 Å². The molecule has 0 bridgehead atoms. The molecule has 0 aliphatic heterocycles. The third kappa shape index (κ3) is 3.38. The molecule has 0 amide bonds. The van der Waals surface area contributed by atoms with Crippen LogP contribution in [-0.2, 0) is 13.1 Å². The van der Waals surface area contributed by atoms with Gasteiger partial charge in [-0.05, 0) is 13.8 Å². The van der Waals surface area contributed by atoms with Gasteiger partial charge < -0.3 is 15.6 Å². The van der Waals surface area contributed by atoms with E-state index >= 15 is 0 Å². The van der Waals surface area contributed by atoms with E-state index < -0.39 is 0 Å². The summed E-state index contributed by atoms with van der Waals surface area (Å²) in [6, 6.07) is 0.253. The summed E-state index contributed by atoms with van der Waals surface area (Å²) >= 11 is 1.69. The smallest absolute Gasteiger partial charge is 0.110 e. The maximum absolute atomic E-state index is 5.50. The number of nitrogens with one attached hydrogen (secondary N) is 1. The highest BCUT2D eigenvalue weighted by Crippen LogP contribution is 2.17. The van der Waals surface area contributed by atoms with E-state index in [1.165, 1.54) is 0 Å². The highest BCUT2D eigenvalue weighted by atomic mass is 32.1. The van der Waals surface area contributed by atoms with Gasteiger partial charge in [-0.25, -0.2) is 9.97 Å². The van der Waals surface area contributed by atoms with E-state index in [9.17, 15) is 0 Å². The molecule has 18 heavy (non-hydrogen) atoms. The lowest BCUT2D eigenvalue weighted by molar-refractivity contribution is 0.565. The summed E-state index contributed by atoms with van der Waals surface area (Å²) in [6.07, 6.45) is 3.85. The Balaban J connectivity index is 1.86. The molecule has 0 radical (unpaired) electrons. The van der Waals surface area contributed by atoms with E-state index in [1.807, 2.05) is 24.0 Å². The normalized spacial score (nSPS) is 12.8. The second-order valence-corrected chi connectivity index (χ2v) is 5.21. The second kappa shape index (κ2) is 6.08. The van der Waals surface area contributed by atoms with Gasteiger partial charge in [0.15, 0.2) is 0 Å². The first-order valence-corrected chi connectivity index (χ1v) is 6.93. The van der Waals surface area contributed by atoms with E-state index in [0.29, 0.717) is 6.54 Å². The van der Waals surface area contributed by atoms with Crippen molar-refractivity contribution in [3.63, 3.8) is 0 Å². The molecule has 0 aliphatic carbocycles. The third-order valence-electron chi connectivity index (χ3n) is 2.67. The predicted octanol–water partition coefficient (Wildman–Crippen LogP) is 1.46. The van der Waals surface area contributed by atoms with Crippen LogP contribution < -0.4 is 11.1 Å². The van der Waals surface area contributed by atoms with Crippen molar-refractivity contribution in [2.45, 2.75) is 33.0 Å². The molecule has 2 heterocycles. The number of nitrogens with zero attached hydrogens (tertiary/aromatic N) is 3. The van der Waals surface area contributed by atoms with Crippen molar-refractivity contribution in [1.82, 2.24) is 19.9 Å². The Labute approximate surface area is 111 Å². The van der Waals surface area contributed by atoms with Gasteiger partial charge in [-0.3, -0.25) is 0 Å². The zero-order valence-corrected chi connectivity index (χ0v) is 11.6. The van der Waals surface area contributed by atoms with Crippen LogP contribution in [-0.4, -0.2) is 21.1 Å². The van der Waals surface area contributed by atoms with Gasteiger partial charge in [0, 0.05) is 36.9 Å². The topological polar surface area (TPSA) is 68.8 Å². The number of hydrogen-bond acceptors (Lipinski definition) is 5. The van der Waals surface area contributed by atoms with Crippen LogP contribution in [0.2, 0.25) is 0 Å². The molecule has 0 fully saturated rings. The van der Waals surface area contributed by atoms with Crippen LogP contribution in [0.5, 0.6) is 0 Å². The number of aryl methyl sites for hydroxylation is 1. The monoisotopic (exact) mass is 265 g/mol. The van der Waals surface area contributed by atoms with Crippen molar-refractivity contribution >= 4 is 11.3 Å². The molecule has 2 aromatic rings. The summed E-state index contributed by atoms with van der Waals surface area (Å²) in [7, 11) is 0. The third-order valence-corrected chi connectivity index (χ3v) is 3.82. The fraction of sp³-hybridized carbons (Fsp3) is 0.500. The number of hydrogen-bond donors (Lipinski definition) is 2. The fourth-order valence-corrected chi connectivity index (χ4v) is 2.51. The van der Waals surface area contributed by atoms with E-state index in [0.717, 1.165) is 29.5 Å². The average Bonchev–Trinajstić information content (AvgIpc) is 2.96. The first kappa shape index (κ1) is 13.2. The summed E-state index contributed by atoms with van der Waals surface area (Å²) in [6.45, 7) is 6.33. The highest BCUT2D eigenvalue weighted by molar-refractivity contribution is 7.09. The number of imidazole rings is 1. The summed E-state index contributed by atoms with van der Waals surface area (Å²) in [5.74, 6) is 0. The molecule has 1 unspecified atom stereocenters. The lowest BCUT2D eigenvalue weighted by Gasteiger charge is -2.09. The quantitative estimate of drug-likeness (QED) is 0.829. The molecule has 0 saturated carbocycles. The second-order valence-electron chi connectivity index (χ2n) is 4.32. The summed E-state index contributed by atoms with van der Waals surface area (Å²) in [5, 5.41) is 6.62. The largest absolute Gasteiger partial charge is 0.336 e. The number of rotatable bonds is 6. The van der Waals surface area contributed by atoms with Crippen molar-refractivity contribution in [3.05, 3.63) is 34.3 Å². The predicted molar refractivity (Wildman–Crippen MR) is 73.4 cm³/mol. The minimum absolute atomic E-state index is 0.253. The van der Waals surface area contributed by atoms with Gasteiger partial charge in [-0.15, -0.1) is 11.3 Å². The van der Waals surface area contributed by atoms with Crippen LogP contribution in [0, 0.1) is 6.92 Å². The van der Waals surface area contributed by atoms with E-state index in [1.54, 1.807) is 11.3 Å². The lowest BCUT2D eigenvalue weighted by atomic mass is 10.3. The lowest BCUT2D eigenvalue weighted by Crippen LogP contribution is -2.18. The molecule has 1 atom stereocenters. The zero-order chi connectivity index (χ0) is 13.0. The molecule has 3 N–H and O–H groups in total. The summed E-state index contributed by atoms with van der Waals surface area (Å²) in [4.78, 5) is 8.80. The number of thiazole rings is 1. The van der Waals surface area contributed by atoms with Gasteiger partial charge in [0.25, 0.3) is 0 Å². The Kier molecular flexibility index (Phi) is 4.46. The Morgan fingerprint density at radius 3 is 3.06 bits per heavy atom. The van der Waals surface area contributed by atoms with Crippen LogP contribution in [0.15, 0.2) is 17.9 Å². The SMILES string of the molecule is Cc1csc(C(C)NCc2cn(CCN)cn2)n1. The van der Waals surface area contributed by atoms with Crippen molar-refractivity contribution in [2.75, 3.05) is 6.54 Å². The molecular formula is C12H19N5S. The molecule has 0 aliphatic rings. The molecule has 6 heteroatoms. The molecule has 0 saturated heterocycles. The van der Waals surface area contributed by atoms with Crippen molar-refractivity contribution in [3.8, 4) is 0 Å². The molecule has 0 aromatic carbocycles. The Bertz CT molecular complexity index is 490. The molecule has 2 rings (SSSR count). The van der Waals surface area contributed by atoms with Crippen LogP contribution in [0.3, 0.4) is 0 Å². The molecule has 98 valence electrons. The van der Waals surface area contributed by atoms with Crippen molar-refractivity contribution < 1.29 is 0 Å². The van der Waals surface area contributed by atoms with Crippen molar-refractivity contribution in [1.29, 1.82) is 0 Å². The minimum atomic E-state index is 0.253. The Morgan fingerprint density at radius 1 is 1.56 bits per heavy atom. The maximum Gasteiger partial charge on any atom is 0.110 e. The van der Waals surface area contributed by atoms with Gasteiger partial charge in [0.2, 0.25) is 0 Å². The Hall–Kier alpha value is -1.24. The summed E-state index contributed by atoms with van der Waals surface area (Å²) < 4.78 is 2.01. The number of nitrogens with two attached hydrogens (primary N) is 1. The molecule has 0 spiro atoms. The van der Waals surface area contributed by atoms with E-state index in [4.69, 9.17) is 5.73 Å². The van der Waals surface area contributed by atoms with Gasteiger partial charge in [0.1, 0.15) is 5.01 Å². The van der Waals surface area contributed by atoms with Gasteiger partial charge >= 0.3 is 0 Å². The average molecular weight is 265 g/mol. The highest BCUT2D eigenvalue weighted by Gasteiger charge is 2.09. The molecular weight excluding hydrogens is 246 g/mol. The van der Waals surface area contributed by atoms with Gasteiger partial charge in [-0.1, -0.05) is 0 Å². The first-order chi connectivity index (χ1) is 8.69. The van der Waals surface area contributed by atoms with Gasteiger partial charge in [0.05, 0.1) is 18.1 Å². The minimum Gasteiger partial charge on any atom is -0.336 e. The molecule has 5 nitrogen and oxygen atoms in total. The maximum atomic E-state index is 5.50. The van der Waals surface area contributed by atoms with Crippen LogP contribution >= 0.6 is 11.3 Å². The van der Waals surface area contributed by atoms with Crippen LogP contribution in [0.1, 0.15) is 29.4 Å². The van der Waals surface area contributed by atoms with E-state index in [2.05, 4.69) is 27.6 Å². The summed E-state index contributed by atoms with van der Waals surface area (Å²) in [5.41, 5.74) is 7.61. The standard InChI is InChI=1S/C12H19N5S/c1-9-7-18-12(16-9)10(2)14-5-11-6-17(4-3-13)8-15-11/h6-8,10,14H,3-5,13H2,1-2H3. The Morgan fingerprint density at radius 2 is 2.39 bits per heavy atom. The van der Waals surface area contributed by atoms with Gasteiger partial charge in [-0.2, -0.15) is 0 Å². The molecule has 2 aromatic heterocycles. The van der Waals surface area contributed by atoms with E-state index in [-0.39, 0.29) is 6.04 Å². The van der Waals surface area contributed by atoms with Crippen molar-refractivity contribution in [2.24, 2.45) is 5.73 Å². The number of aromatic nitrogens is 3. The van der Waals surface area contributed by atoms with Crippen LogP contribution in [0.25, 0.3) is 0 Å². The zero-order valence-electron chi connectivity index (χ0n) is 10.8. The fourth-order valence-electron chi connectivity index (χ4n) is 1.69.